The highest BCUT2D eigenvalue weighted by molar-refractivity contribution is 6.36. The third kappa shape index (κ3) is 6.14. The highest BCUT2D eigenvalue weighted by atomic mass is 35.5. The van der Waals surface area contributed by atoms with Crippen molar-refractivity contribution in [3.8, 4) is 16.9 Å². The van der Waals surface area contributed by atoms with E-state index >= 15 is 0 Å². The minimum Gasteiger partial charge on any atom is -0.482 e. The summed E-state index contributed by atoms with van der Waals surface area (Å²) in [5.41, 5.74) is 8.72. The van der Waals surface area contributed by atoms with Gasteiger partial charge in [-0.05, 0) is 68.5 Å². The molecular formula is C28H30Cl2FN5O2. The molecule has 0 spiro atoms. The van der Waals surface area contributed by atoms with Gasteiger partial charge in [-0.2, -0.15) is 0 Å². The summed E-state index contributed by atoms with van der Waals surface area (Å²) in [6, 6.07) is 13.0. The second kappa shape index (κ2) is 11.4. The fraction of sp³-hybridized carbons (Fsp3) is 0.357. The zero-order chi connectivity index (χ0) is 26.8. The molecule has 1 saturated carbocycles. The van der Waals surface area contributed by atoms with Crippen molar-refractivity contribution in [2.75, 3.05) is 24.1 Å². The van der Waals surface area contributed by atoms with Crippen LogP contribution in [0.1, 0.15) is 44.3 Å². The average molecular weight is 558 g/mol. The molecule has 1 aromatic heterocycles. The number of nitrogens with one attached hydrogen (secondary N) is 2. The molecule has 2 aromatic carbocycles. The number of nitrogens with two attached hydrogens (primary N) is 1. The van der Waals surface area contributed by atoms with Gasteiger partial charge in [-0.3, -0.25) is 0 Å². The number of ether oxygens (including phenoxy) is 1. The fourth-order valence-electron chi connectivity index (χ4n) is 4.65. The summed E-state index contributed by atoms with van der Waals surface area (Å²) in [4.78, 5) is 18.9. The predicted molar refractivity (Wildman–Crippen MR) is 149 cm³/mol. The van der Waals surface area contributed by atoms with Crippen LogP contribution in [0.4, 0.5) is 20.7 Å². The first-order valence-corrected chi connectivity index (χ1v) is 13.5. The van der Waals surface area contributed by atoms with Crippen LogP contribution in [0.15, 0.2) is 48.7 Å². The Kier molecular flexibility index (Phi) is 7.93. The van der Waals surface area contributed by atoms with Crippen molar-refractivity contribution < 1.29 is 13.9 Å². The molecule has 1 atom stereocenters. The van der Waals surface area contributed by atoms with Crippen LogP contribution in [0.25, 0.3) is 11.1 Å². The van der Waals surface area contributed by atoms with E-state index in [0.717, 1.165) is 37.1 Å². The Hall–Kier alpha value is -3.07. The number of hydrogen-bond donors (Lipinski definition) is 3. The van der Waals surface area contributed by atoms with Gasteiger partial charge in [0, 0.05) is 53.2 Å². The number of aromatic nitrogens is 1. The maximum atomic E-state index is 14.0. The van der Waals surface area contributed by atoms with Crippen molar-refractivity contribution >= 4 is 40.7 Å². The number of nitrogens with zero attached hydrogens (tertiary/aromatic N) is 2. The number of hydrogen-bond acceptors (Lipinski definition) is 5. The van der Waals surface area contributed by atoms with Crippen LogP contribution in [0.5, 0.6) is 5.75 Å². The first-order valence-electron chi connectivity index (χ1n) is 12.8. The molecule has 1 aliphatic carbocycles. The number of carbonyl (C=O) groups excluding carboxylic acids is 1. The van der Waals surface area contributed by atoms with Crippen molar-refractivity contribution in [1.29, 1.82) is 0 Å². The normalized spacial score (nSPS) is 16.8. The lowest BCUT2D eigenvalue weighted by atomic mass is 10.1. The Morgan fingerprint density at radius 3 is 2.45 bits per heavy atom. The first-order chi connectivity index (χ1) is 18.3. The quantitative estimate of drug-likeness (QED) is 0.282. The molecule has 1 saturated heterocycles. The number of rotatable bonds is 7. The minimum absolute atomic E-state index is 0.0869. The maximum absolute atomic E-state index is 14.0. The van der Waals surface area contributed by atoms with Gasteiger partial charge in [0.2, 0.25) is 0 Å². The highest BCUT2D eigenvalue weighted by Crippen LogP contribution is 2.37. The second-order valence-electron chi connectivity index (χ2n) is 9.83. The van der Waals surface area contributed by atoms with Crippen LogP contribution >= 0.6 is 23.2 Å². The summed E-state index contributed by atoms with van der Waals surface area (Å²) in [6.07, 6.45) is 5.48. The van der Waals surface area contributed by atoms with E-state index in [2.05, 4.69) is 15.6 Å². The number of nitrogen functional groups attached to an aromatic ring is 1. The van der Waals surface area contributed by atoms with E-state index in [4.69, 9.17) is 33.7 Å². The number of likely N-dealkylation sites (tertiary alicyclic amines) is 1. The third-order valence-corrected chi connectivity index (χ3v) is 7.69. The lowest BCUT2D eigenvalue weighted by Gasteiger charge is -2.32. The molecule has 5 rings (SSSR count). The lowest BCUT2D eigenvalue weighted by Crippen LogP contribution is -2.46. The van der Waals surface area contributed by atoms with Gasteiger partial charge in [0.25, 0.3) is 0 Å². The van der Waals surface area contributed by atoms with E-state index in [0.29, 0.717) is 34.1 Å². The highest BCUT2D eigenvalue weighted by Gasteiger charge is 2.28. The number of pyridine rings is 1. The van der Waals surface area contributed by atoms with Gasteiger partial charge in [0.1, 0.15) is 11.9 Å². The SMILES string of the molecule is CC(Oc1cc(-c2ccc(NC(=O)N3CCC(NC4CC4)CC3)cc2)cnc1N)c1c(Cl)ccc(F)c1Cl. The van der Waals surface area contributed by atoms with Crippen LogP contribution < -0.4 is 21.1 Å². The van der Waals surface area contributed by atoms with Crippen LogP contribution in [-0.2, 0) is 0 Å². The van der Waals surface area contributed by atoms with Crippen molar-refractivity contribution in [3.05, 3.63) is 70.1 Å². The molecule has 2 aliphatic rings. The van der Waals surface area contributed by atoms with E-state index in [1.54, 1.807) is 19.2 Å². The molecule has 3 aromatic rings. The zero-order valence-electron chi connectivity index (χ0n) is 21.0. The molecular weight excluding hydrogens is 528 g/mol. The van der Waals surface area contributed by atoms with Crippen molar-refractivity contribution in [1.82, 2.24) is 15.2 Å². The summed E-state index contributed by atoms with van der Waals surface area (Å²) >= 11 is 12.4. The molecule has 7 nitrogen and oxygen atoms in total. The number of amides is 2. The Bertz CT molecular complexity index is 1310. The van der Waals surface area contributed by atoms with E-state index in [9.17, 15) is 9.18 Å². The summed E-state index contributed by atoms with van der Waals surface area (Å²) in [6.45, 7) is 3.21. The van der Waals surface area contributed by atoms with Crippen molar-refractivity contribution in [3.63, 3.8) is 0 Å². The molecule has 0 radical (unpaired) electrons. The monoisotopic (exact) mass is 557 g/mol. The molecule has 2 amide bonds. The van der Waals surface area contributed by atoms with Gasteiger partial charge < -0.3 is 26.0 Å². The smallest absolute Gasteiger partial charge is 0.321 e. The summed E-state index contributed by atoms with van der Waals surface area (Å²) in [7, 11) is 0. The summed E-state index contributed by atoms with van der Waals surface area (Å²) in [5, 5.41) is 6.84. The van der Waals surface area contributed by atoms with Crippen LogP contribution in [0.3, 0.4) is 0 Å². The molecule has 4 N–H and O–H groups in total. The first kappa shape index (κ1) is 26.5. The van der Waals surface area contributed by atoms with E-state index in [1.807, 2.05) is 29.2 Å². The predicted octanol–water partition coefficient (Wildman–Crippen LogP) is 6.67. The maximum Gasteiger partial charge on any atom is 0.321 e. The van der Waals surface area contributed by atoms with Crippen LogP contribution in [0.2, 0.25) is 10.0 Å². The number of carbonyl (C=O) groups is 1. The Balaban J connectivity index is 1.22. The number of benzene rings is 2. The van der Waals surface area contributed by atoms with E-state index in [-0.39, 0.29) is 16.9 Å². The van der Waals surface area contributed by atoms with Crippen LogP contribution in [0, 0.1) is 5.82 Å². The number of halogens is 3. The molecule has 38 heavy (non-hydrogen) atoms. The molecule has 10 heteroatoms. The zero-order valence-corrected chi connectivity index (χ0v) is 22.5. The second-order valence-corrected chi connectivity index (χ2v) is 10.6. The summed E-state index contributed by atoms with van der Waals surface area (Å²) in [5.74, 6) is -0.0730. The molecule has 1 unspecified atom stereocenters. The minimum atomic E-state index is -0.669. The van der Waals surface area contributed by atoms with Gasteiger partial charge >= 0.3 is 6.03 Å². The topological polar surface area (TPSA) is 92.5 Å². The van der Waals surface area contributed by atoms with Gasteiger partial charge in [-0.25, -0.2) is 14.2 Å². The Morgan fingerprint density at radius 1 is 1.08 bits per heavy atom. The number of urea groups is 1. The standard InChI is InChI=1S/C28H30Cl2FN5O2/c1-16(25-22(29)8-9-23(31)26(25)30)38-24-14-18(15-33-27(24)32)17-2-4-20(5-3-17)35-28(37)36-12-10-21(11-13-36)34-19-6-7-19/h2-5,8-9,14-16,19,21,34H,6-7,10-13H2,1H3,(H2,32,33)(H,35,37). The van der Waals surface area contributed by atoms with E-state index < -0.39 is 11.9 Å². The Morgan fingerprint density at radius 2 is 1.76 bits per heavy atom. The third-order valence-electron chi connectivity index (χ3n) is 6.97. The molecule has 200 valence electrons. The van der Waals surface area contributed by atoms with Gasteiger partial charge in [-0.15, -0.1) is 0 Å². The molecule has 0 bridgehead atoms. The number of piperidine rings is 1. The number of anilines is 2. The Labute approximate surface area is 231 Å². The van der Waals surface area contributed by atoms with Crippen LogP contribution in [-0.4, -0.2) is 41.1 Å². The average Bonchev–Trinajstić information content (AvgIpc) is 3.73. The molecule has 2 heterocycles. The fourth-order valence-corrected chi connectivity index (χ4v) is 5.33. The van der Waals surface area contributed by atoms with Gasteiger partial charge in [0.15, 0.2) is 11.6 Å². The van der Waals surface area contributed by atoms with Gasteiger partial charge in [-0.1, -0.05) is 35.3 Å². The van der Waals surface area contributed by atoms with Crippen molar-refractivity contribution in [2.45, 2.75) is 50.8 Å². The van der Waals surface area contributed by atoms with Crippen molar-refractivity contribution in [2.24, 2.45) is 0 Å². The largest absolute Gasteiger partial charge is 0.482 e. The molecule has 2 fully saturated rings. The lowest BCUT2D eigenvalue weighted by molar-refractivity contribution is 0.189. The van der Waals surface area contributed by atoms with E-state index in [1.165, 1.54) is 25.0 Å². The molecule has 1 aliphatic heterocycles. The summed E-state index contributed by atoms with van der Waals surface area (Å²) < 4.78 is 20.0. The van der Waals surface area contributed by atoms with Gasteiger partial charge in [0.05, 0.1) is 5.02 Å².